The molecule has 0 radical (unpaired) electrons. The molecule has 0 aliphatic heterocycles. The maximum Gasteiger partial charge on any atom is 0.223 e. The average molecular weight is 250 g/mol. The molecule has 0 amide bonds. The summed E-state index contributed by atoms with van der Waals surface area (Å²) in [5.41, 5.74) is 5.65. The lowest BCUT2D eigenvalue weighted by Gasteiger charge is -2.06. The van der Waals surface area contributed by atoms with Gasteiger partial charge in [-0.1, -0.05) is 0 Å². The van der Waals surface area contributed by atoms with E-state index in [2.05, 4.69) is 20.3 Å². The first-order chi connectivity index (χ1) is 8.19. The molecule has 3 N–H and O–H groups in total. The van der Waals surface area contributed by atoms with Crippen LogP contribution in [0.25, 0.3) is 0 Å². The van der Waals surface area contributed by atoms with E-state index in [4.69, 9.17) is 5.73 Å². The molecule has 2 rings (SSSR count). The molecule has 90 valence electrons. The van der Waals surface area contributed by atoms with Crippen molar-refractivity contribution in [3.05, 3.63) is 18.5 Å². The Morgan fingerprint density at radius 2 is 2.29 bits per heavy atom. The van der Waals surface area contributed by atoms with Crippen LogP contribution in [-0.4, -0.2) is 26.1 Å². The third-order valence-corrected chi connectivity index (χ3v) is 3.04. The van der Waals surface area contributed by atoms with Gasteiger partial charge >= 0.3 is 0 Å². The zero-order chi connectivity index (χ0) is 12.3. The minimum Gasteiger partial charge on any atom is -0.370 e. The molecule has 0 bridgehead atoms. The summed E-state index contributed by atoms with van der Waals surface area (Å²) in [7, 11) is 1.94. The Labute approximate surface area is 104 Å². The molecule has 0 spiro atoms. The first-order valence-corrected chi connectivity index (χ1v) is 6.04. The molecule has 0 atom stereocenters. The minimum atomic E-state index is 0.264. The van der Waals surface area contributed by atoms with Crippen LogP contribution in [-0.2, 0) is 7.05 Å². The Balaban J connectivity index is 2.23. The number of hydrogen-bond donors (Lipinski definition) is 2. The highest BCUT2D eigenvalue weighted by Crippen LogP contribution is 2.25. The number of nitrogen functional groups attached to an aromatic ring is 1. The molecule has 2 aromatic rings. The van der Waals surface area contributed by atoms with Crippen molar-refractivity contribution in [3.8, 4) is 0 Å². The summed E-state index contributed by atoms with van der Waals surface area (Å²) < 4.78 is 1.93. The highest BCUT2D eigenvalue weighted by atomic mass is 32.2. The second-order valence-corrected chi connectivity index (χ2v) is 4.39. The van der Waals surface area contributed by atoms with Crippen LogP contribution in [0, 0.1) is 0 Å². The Bertz CT molecular complexity index is 509. The third-order valence-electron chi connectivity index (χ3n) is 2.05. The van der Waals surface area contributed by atoms with Gasteiger partial charge in [0.25, 0.3) is 0 Å². The molecule has 6 nitrogen and oxygen atoms in total. The largest absolute Gasteiger partial charge is 0.370 e. The molecule has 0 aliphatic rings. The number of hydrogen-bond acceptors (Lipinski definition) is 6. The second kappa shape index (κ2) is 5.05. The van der Waals surface area contributed by atoms with E-state index in [1.54, 1.807) is 6.20 Å². The predicted octanol–water partition coefficient (Wildman–Crippen LogP) is 1.38. The van der Waals surface area contributed by atoms with Crippen LogP contribution in [0.4, 0.5) is 11.8 Å². The van der Waals surface area contributed by atoms with Crippen molar-refractivity contribution in [2.45, 2.75) is 17.1 Å². The number of aromatic nitrogens is 4. The summed E-state index contributed by atoms with van der Waals surface area (Å²) in [6.07, 6.45) is 3.64. The number of imidazole rings is 1. The standard InChI is InChI=1S/C10H14N6S/c1-3-12-7-6-8(15-9(11)14-7)17-10-13-4-5-16(10)2/h4-6H,3H2,1-2H3,(H3,11,12,14,15). The van der Waals surface area contributed by atoms with Gasteiger partial charge in [-0.2, -0.15) is 4.98 Å². The fourth-order valence-electron chi connectivity index (χ4n) is 1.31. The first kappa shape index (κ1) is 11.7. The van der Waals surface area contributed by atoms with Crippen LogP contribution >= 0.6 is 11.8 Å². The first-order valence-electron chi connectivity index (χ1n) is 5.22. The number of aryl methyl sites for hydroxylation is 1. The van der Waals surface area contributed by atoms with Gasteiger partial charge in [0.15, 0.2) is 5.16 Å². The summed E-state index contributed by atoms with van der Waals surface area (Å²) in [5.74, 6) is 0.997. The Morgan fingerprint density at radius 1 is 1.47 bits per heavy atom. The summed E-state index contributed by atoms with van der Waals surface area (Å²) in [4.78, 5) is 12.5. The predicted molar refractivity (Wildman–Crippen MR) is 67.9 cm³/mol. The van der Waals surface area contributed by atoms with Gasteiger partial charge in [-0.3, -0.25) is 0 Å². The maximum atomic E-state index is 5.65. The highest BCUT2D eigenvalue weighted by molar-refractivity contribution is 7.99. The summed E-state index contributed by atoms with van der Waals surface area (Å²) >= 11 is 1.46. The van der Waals surface area contributed by atoms with Gasteiger partial charge in [0.1, 0.15) is 10.8 Å². The quantitative estimate of drug-likeness (QED) is 0.798. The van der Waals surface area contributed by atoms with Gasteiger partial charge in [0.05, 0.1) is 0 Å². The molecule has 0 fully saturated rings. The van der Waals surface area contributed by atoms with Crippen LogP contribution in [0.1, 0.15) is 6.92 Å². The molecule has 0 unspecified atom stereocenters. The van der Waals surface area contributed by atoms with E-state index < -0.39 is 0 Å². The molecule has 0 saturated carbocycles. The molecule has 2 heterocycles. The highest BCUT2D eigenvalue weighted by Gasteiger charge is 2.06. The van der Waals surface area contributed by atoms with Crippen LogP contribution in [0.2, 0.25) is 0 Å². The Kier molecular flexibility index (Phi) is 3.48. The molecular weight excluding hydrogens is 236 g/mol. The summed E-state index contributed by atoms with van der Waals surface area (Å²) in [6, 6.07) is 1.86. The van der Waals surface area contributed by atoms with Crippen molar-refractivity contribution < 1.29 is 0 Å². The minimum absolute atomic E-state index is 0.264. The normalized spacial score (nSPS) is 10.5. The SMILES string of the molecule is CCNc1cc(Sc2nccn2C)nc(N)n1. The Morgan fingerprint density at radius 3 is 2.94 bits per heavy atom. The van der Waals surface area contributed by atoms with Crippen molar-refractivity contribution in [1.82, 2.24) is 19.5 Å². The smallest absolute Gasteiger partial charge is 0.223 e. The molecule has 0 saturated heterocycles. The van der Waals surface area contributed by atoms with E-state index in [1.807, 2.05) is 30.8 Å². The van der Waals surface area contributed by atoms with Gasteiger partial charge in [-0.05, 0) is 18.7 Å². The second-order valence-electron chi connectivity index (χ2n) is 3.40. The van der Waals surface area contributed by atoms with E-state index in [9.17, 15) is 0 Å². The molecule has 0 aromatic carbocycles. The van der Waals surface area contributed by atoms with E-state index >= 15 is 0 Å². The van der Waals surface area contributed by atoms with Gasteiger partial charge in [0, 0.05) is 32.1 Å². The third kappa shape index (κ3) is 2.88. The number of rotatable bonds is 4. The topological polar surface area (TPSA) is 81.7 Å². The van der Waals surface area contributed by atoms with Crippen LogP contribution in [0.15, 0.2) is 28.6 Å². The molecule has 0 aliphatic carbocycles. The van der Waals surface area contributed by atoms with Gasteiger partial charge in [0.2, 0.25) is 5.95 Å². The fourth-order valence-corrected chi connectivity index (χ4v) is 2.13. The molecule has 17 heavy (non-hydrogen) atoms. The maximum absolute atomic E-state index is 5.65. The van der Waals surface area contributed by atoms with Crippen molar-refractivity contribution >= 4 is 23.5 Å². The van der Waals surface area contributed by atoms with E-state index in [1.165, 1.54) is 11.8 Å². The average Bonchev–Trinajstić information content (AvgIpc) is 2.64. The molecule has 7 heteroatoms. The van der Waals surface area contributed by atoms with Crippen molar-refractivity contribution in [3.63, 3.8) is 0 Å². The zero-order valence-electron chi connectivity index (χ0n) is 9.71. The van der Waals surface area contributed by atoms with Crippen molar-refractivity contribution in [1.29, 1.82) is 0 Å². The Hall–Kier alpha value is -1.76. The number of nitrogens with two attached hydrogens (primary N) is 1. The van der Waals surface area contributed by atoms with Gasteiger partial charge in [-0.15, -0.1) is 0 Å². The van der Waals surface area contributed by atoms with Crippen LogP contribution in [0.3, 0.4) is 0 Å². The van der Waals surface area contributed by atoms with Gasteiger partial charge < -0.3 is 15.6 Å². The number of nitrogens with one attached hydrogen (secondary N) is 1. The van der Waals surface area contributed by atoms with Crippen LogP contribution < -0.4 is 11.1 Å². The number of anilines is 2. The van der Waals surface area contributed by atoms with E-state index in [0.29, 0.717) is 0 Å². The zero-order valence-corrected chi connectivity index (χ0v) is 10.5. The lowest BCUT2D eigenvalue weighted by atomic mass is 10.5. The lowest BCUT2D eigenvalue weighted by Crippen LogP contribution is -2.04. The van der Waals surface area contributed by atoms with E-state index in [-0.39, 0.29) is 5.95 Å². The molecule has 2 aromatic heterocycles. The fraction of sp³-hybridized carbons (Fsp3) is 0.300. The molecular formula is C10H14N6S. The van der Waals surface area contributed by atoms with Crippen molar-refractivity contribution in [2.24, 2.45) is 7.05 Å². The summed E-state index contributed by atoms with van der Waals surface area (Å²) in [6.45, 7) is 2.80. The number of nitrogens with zero attached hydrogens (tertiary/aromatic N) is 4. The van der Waals surface area contributed by atoms with Crippen LogP contribution in [0.5, 0.6) is 0 Å². The van der Waals surface area contributed by atoms with Gasteiger partial charge in [-0.25, -0.2) is 9.97 Å². The van der Waals surface area contributed by atoms with E-state index in [0.717, 1.165) is 22.5 Å². The summed E-state index contributed by atoms with van der Waals surface area (Å²) in [5, 5.41) is 4.76. The lowest BCUT2D eigenvalue weighted by molar-refractivity contribution is 0.788. The van der Waals surface area contributed by atoms with Crippen molar-refractivity contribution in [2.75, 3.05) is 17.6 Å². The monoisotopic (exact) mass is 250 g/mol.